The lowest BCUT2D eigenvalue weighted by molar-refractivity contribution is -0.118. The van der Waals surface area contributed by atoms with Gasteiger partial charge in [-0.15, -0.1) is 0 Å². The molecule has 0 radical (unpaired) electrons. The van der Waals surface area contributed by atoms with Crippen LogP contribution in [0.5, 0.6) is 5.75 Å². The van der Waals surface area contributed by atoms with Gasteiger partial charge in [0.1, 0.15) is 5.78 Å². The van der Waals surface area contributed by atoms with Gasteiger partial charge in [0, 0.05) is 12.8 Å². The highest BCUT2D eigenvalue weighted by atomic mass is 35.5. The first-order chi connectivity index (χ1) is 9.03. The molecule has 1 unspecified atom stereocenters. The molecular weight excluding hydrogens is 283 g/mol. The number of hydrogen-bond acceptors (Lipinski definition) is 2. The highest BCUT2D eigenvalue weighted by molar-refractivity contribution is 6.37. The Labute approximate surface area is 125 Å². The first-order valence-electron chi connectivity index (χ1n) is 6.58. The normalized spacial score (nSPS) is 12.3. The molecule has 1 atom stereocenters. The van der Waals surface area contributed by atoms with E-state index in [1.807, 2.05) is 19.1 Å². The molecule has 1 aromatic carbocycles. The lowest BCUT2D eigenvalue weighted by Gasteiger charge is -2.17. The fraction of sp³-hybridized carbons (Fsp3) is 0.533. The van der Waals surface area contributed by atoms with E-state index in [4.69, 9.17) is 27.9 Å². The maximum atomic E-state index is 11.4. The lowest BCUT2D eigenvalue weighted by atomic mass is 9.90. The molecule has 0 saturated carbocycles. The van der Waals surface area contributed by atoms with E-state index in [2.05, 4.69) is 6.92 Å². The Morgan fingerprint density at radius 3 is 2.26 bits per heavy atom. The summed E-state index contributed by atoms with van der Waals surface area (Å²) in [5, 5.41) is 1.04. The molecule has 0 heterocycles. The van der Waals surface area contributed by atoms with Crippen LogP contribution in [0.2, 0.25) is 10.0 Å². The van der Waals surface area contributed by atoms with Crippen LogP contribution < -0.4 is 4.74 Å². The Morgan fingerprint density at radius 2 is 1.84 bits per heavy atom. The smallest absolute Gasteiger partial charge is 0.156 e. The predicted molar refractivity (Wildman–Crippen MR) is 80.6 cm³/mol. The molecule has 0 aliphatic heterocycles. The van der Waals surface area contributed by atoms with E-state index >= 15 is 0 Å². The van der Waals surface area contributed by atoms with Crippen LogP contribution in [0.25, 0.3) is 0 Å². The summed E-state index contributed by atoms with van der Waals surface area (Å²) in [6.45, 7) is 4.00. The van der Waals surface area contributed by atoms with Crippen LogP contribution in [0, 0.1) is 0 Å². The number of ether oxygens (including phenoxy) is 1. The van der Waals surface area contributed by atoms with Gasteiger partial charge in [-0.2, -0.15) is 0 Å². The van der Waals surface area contributed by atoms with Crippen molar-refractivity contribution in [2.75, 3.05) is 7.11 Å². The number of ketones is 1. The second-order valence-corrected chi connectivity index (χ2v) is 5.37. The van der Waals surface area contributed by atoms with Crippen LogP contribution in [-0.2, 0) is 4.79 Å². The molecule has 1 rings (SSSR count). The van der Waals surface area contributed by atoms with Gasteiger partial charge in [0.05, 0.1) is 17.2 Å². The van der Waals surface area contributed by atoms with Crippen LogP contribution in [0.4, 0.5) is 0 Å². The molecule has 0 spiro atoms. The van der Waals surface area contributed by atoms with Gasteiger partial charge in [0.25, 0.3) is 0 Å². The minimum absolute atomic E-state index is 0.296. The van der Waals surface area contributed by atoms with Crippen LogP contribution >= 0.6 is 23.2 Å². The fourth-order valence-electron chi connectivity index (χ4n) is 2.13. The van der Waals surface area contributed by atoms with Gasteiger partial charge >= 0.3 is 0 Å². The number of hydrogen-bond donors (Lipinski definition) is 0. The summed E-state index contributed by atoms with van der Waals surface area (Å²) in [4.78, 5) is 11.4. The number of carbonyl (C=O) groups excluding carboxylic acids is 1. The first-order valence-corrected chi connectivity index (χ1v) is 7.33. The van der Waals surface area contributed by atoms with Gasteiger partial charge in [-0.1, -0.05) is 37.0 Å². The number of benzene rings is 1. The Morgan fingerprint density at radius 1 is 1.26 bits per heavy atom. The number of carbonyl (C=O) groups is 1. The largest absolute Gasteiger partial charge is 0.494 e. The third-order valence-electron chi connectivity index (χ3n) is 3.35. The maximum Gasteiger partial charge on any atom is 0.156 e. The second kappa shape index (κ2) is 7.76. The average Bonchev–Trinajstić information content (AvgIpc) is 2.38. The van der Waals surface area contributed by atoms with Crippen molar-refractivity contribution < 1.29 is 9.53 Å². The number of methoxy groups -OCH3 is 1. The van der Waals surface area contributed by atoms with Gasteiger partial charge in [-0.05, 0) is 36.5 Å². The zero-order valence-electron chi connectivity index (χ0n) is 11.6. The molecule has 0 bridgehead atoms. The number of Topliss-reactive ketones (excluding diaryl/α,β-unsaturated/α-hetero) is 1. The minimum atomic E-state index is 0.296. The highest BCUT2D eigenvalue weighted by Gasteiger charge is 2.15. The summed E-state index contributed by atoms with van der Waals surface area (Å²) in [6, 6.07) is 3.77. The Balaban J connectivity index is 2.90. The summed E-state index contributed by atoms with van der Waals surface area (Å²) in [7, 11) is 1.55. The molecule has 4 heteroatoms. The molecular formula is C15H20Cl2O2. The van der Waals surface area contributed by atoms with E-state index in [1.54, 1.807) is 7.11 Å². The quantitative estimate of drug-likeness (QED) is 0.687. The van der Waals surface area contributed by atoms with Gasteiger partial charge in [-0.3, -0.25) is 4.79 Å². The van der Waals surface area contributed by atoms with Crippen molar-refractivity contribution in [2.24, 2.45) is 0 Å². The number of rotatable bonds is 7. The van der Waals surface area contributed by atoms with Gasteiger partial charge < -0.3 is 4.74 Å². The molecule has 0 saturated heterocycles. The number of halogens is 2. The summed E-state index contributed by atoms with van der Waals surface area (Å²) >= 11 is 12.3. The van der Waals surface area contributed by atoms with Gasteiger partial charge in [0.2, 0.25) is 0 Å². The van der Waals surface area contributed by atoms with Crippen LogP contribution in [0.1, 0.15) is 51.0 Å². The molecule has 106 valence electrons. The Bertz CT molecular complexity index is 421. The van der Waals surface area contributed by atoms with E-state index in [1.165, 1.54) is 0 Å². The fourth-order valence-corrected chi connectivity index (χ4v) is 2.79. The summed E-state index contributed by atoms with van der Waals surface area (Å²) in [6.07, 6.45) is 3.00. The molecule has 0 aliphatic carbocycles. The highest BCUT2D eigenvalue weighted by Crippen LogP contribution is 2.37. The molecule has 19 heavy (non-hydrogen) atoms. The van der Waals surface area contributed by atoms with Crippen molar-refractivity contribution in [3.8, 4) is 5.75 Å². The third kappa shape index (κ3) is 4.39. The van der Waals surface area contributed by atoms with Crippen molar-refractivity contribution >= 4 is 29.0 Å². The van der Waals surface area contributed by atoms with Crippen LogP contribution in [0.3, 0.4) is 0 Å². The summed E-state index contributed by atoms with van der Waals surface area (Å²) < 4.78 is 5.14. The zero-order chi connectivity index (χ0) is 14.4. The van der Waals surface area contributed by atoms with E-state index in [0.717, 1.165) is 18.4 Å². The van der Waals surface area contributed by atoms with Gasteiger partial charge in [-0.25, -0.2) is 0 Å². The lowest BCUT2D eigenvalue weighted by Crippen LogP contribution is -2.03. The second-order valence-electron chi connectivity index (χ2n) is 4.55. The van der Waals surface area contributed by atoms with E-state index in [9.17, 15) is 4.79 Å². The standard InChI is InChI=1S/C15H20Cl2O2/c1-4-10(6-7-12(18)5-2)11-8-13(16)15(19-3)14(17)9-11/h8-10H,4-7H2,1-3H3. The molecule has 2 nitrogen and oxygen atoms in total. The molecule has 0 fully saturated rings. The SMILES string of the molecule is CCC(=O)CCC(CC)c1cc(Cl)c(OC)c(Cl)c1. The molecule has 0 aromatic heterocycles. The third-order valence-corrected chi connectivity index (χ3v) is 3.92. The maximum absolute atomic E-state index is 11.4. The van der Waals surface area contributed by atoms with E-state index in [0.29, 0.717) is 40.3 Å². The van der Waals surface area contributed by atoms with Crippen molar-refractivity contribution in [2.45, 2.75) is 45.4 Å². The summed E-state index contributed by atoms with van der Waals surface area (Å²) in [5.41, 5.74) is 1.07. The predicted octanol–water partition coefficient (Wildman–Crippen LogP) is 5.25. The summed E-state index contributed by atoms with van der Waals surface area (Å²) in [5.74, 6) is 1.10. The molecule has 0 N–H and O–H groups in total. The topological polar surface area (TPSA) is 26.3 Å². The average molecular weight is 303 g/mol. The van der Waals surface area contributed by atoms with Crippen molar-refractivity contribution in [1.82, 2.24) is 0 Å². The van der Waals surface area contributed by atoms with E-state index in [-0.39, 0.29) is 0 Å². The Hall–Kier alpha value is -0.730. The van der Waals surface area contributed by atoms with Crippen LogP contribution in [0.15, 0.2) is 12.1 Å². The van der Waals surface area contributed by atoms with Crippen molar-refractivity contribution in [3.63, 3.8) is 0 Å². The van der Waals surface area contributed by atoms with Crippen molar-refractivity contribution in [3.05, 3.63) is 27.7 Å². The van der Waals surface area contributed by atoms with Crippen LogP contribution in [-0.4, -0.2) is 12.9 Å². The van der Waals surface area contributed by atoms with Gasteiger partial charge in [0.15, 0.2) is 5.75 Å². The first kappa shape index (κ1) is 16.3. The monoisotopic (exact) mass is 302 g/mol. The van der Waals surface area contributed by atoms with Crippen molar-refractivity contribution in [1.29, 1.82) is 0 Å². The van der Waals surface area contributed by atoms with E-state index < -0.39 is 0 Å². The molecule has 1 aromatic rings. The minimum Gasteiger partial charge on any atom is -0.494 e. The zero-order valence-corrected chi connectivity index (χ0v) is 13.1. The Kier molecular flexibility index (Phi) is 6.67. The molecule has 0 aliphatic rings. The molecule has 0 amide bonds.